The molecule has 1 aromatic carbocycles. The second kappa shape index (κ2) is 3.41. The fourth-order valence-corrected chi connectivity index (χ4v) is 1.29. The van der Waals surface area contributed by atoms with Gasteiger partial charge in [0.1, 0.15) is 16.7 Å². The highest BCUT2D eigenvalue weighted by Gasteiger charge is 1.99. The summed E-state index contributed by atoms with van der Waals surface area (Å²) >= 11 is 0. The Morgan fingerprint density at radius 1 is 1.36 bits per heavy atom. The van der Waals surface area contributed by atoms with Crippen LogP contribution in [0.3, 0.4) is 0 Å². The van der Waals surface area contributed by atoms with Crippen LogP contribution < -0.4 is 10.1 Å². The van der Waals surface area contributed by atoms with Gasteiger partial charge in [-0.1, -0.05) is 5.16 Å². The van der Waals surface area contributed by atoms with Gasteiger partial charge in [-0.05, 0) is 12.1 Å². The predicted octanol–water partition coefficient (Wildman–Crippen LogP) is 1.73. The number of methoxy groups -OCH3 is 1. The van der Waals surface area contributed by atoms with Crippen molar-refractivity contribution < 1.29 is 14.4 Å². The van der Waals surface area contributed by atoms with E-state index >= 15 is 0 Å². The van der Waals surface area contributed by atoms with Crippen LogP contribution in [-0.4, -0.2) is 12.3 Å². The normalized spacial score (nSPS) is 11.9. The molecule has 0 saturated heterocycles. The van der Waals surface area contributed by atoms with Crippen molar-refractivity contribution in [2.24, 2.45) is 5.16 Å². The zero-order valence-corrected chi connectivity index (χ0v) is 7.60. The molecule has 0 aliphatic heterocycles. The molecule has 0 atom stereocenters. The molecule has 0 fully saturated rings. The number of hydrogen-bond donors (Lipinski definition) is 1. The molecule has 4 nitrogen and oxygen atoms in total. The van der Waals surface area contributed by atoms with Crippen molar-refractivity contribution in [3.63, 3.8) is 0 Å². The first-order valence-corrected chi connectivity index (χ1v) is 4.09. The van der Waals surface area contributed by atoms with Crippen LogP contribution in [0, 0.1) is 0 Å². The van der Waals surface area contributed by atoms with E-state index in [1.165, 1.54) is 6.26 Å². The third-order valence-electron chi connectivity index (χ3n) is 1.99. The van der Waals surface area contributed by atoms with E-state index in [1.807, 2.05) is 0 Å². The molecule has 0 aliphatic rings. The van der Waals surface area contributed by atoms with Gasteiger partial charge in [-0.3, -0.25) is 0 Å². The second-order valence-electron chi connectivity index (χ2n) is 2.77. The van der Waals surface area contributed by atoms with E-state index in [1.54, 1.807) is 31.4 Å². The monoisotopic (exact) mass is 191 g/mol. The molecular formula is C10H9NO3. The summed E-state index contributed by atoms with van der Waals surface area (Å²) in [4.78, 5) is 0. The number of rotatable bonds is 1. The van der Waals surface area contributed by atoms with Gasteiger partial charge in [0.2, 0.25) is 0 Å². The Morgan fingerprint density at radius 3 is 2.93 bits per heavy atom. The maximum Gasteiger partial charge on any atom is 0.139 e. The maximum absolute atomic E-state index is 8.71. The summed E-state index contributed by atoms with van der Waals surface area (Å²) in [7, 11) is 1.58. The van der Waals surface area contributed by atoms with Crippen LogP contribution in [0.25, 0.3) is 11.0 Å². The Balaban J connectivity index is 2.80. The molecule has 72 valence electrons. The topological polar surface area (TPSA) is 55.0 Å². The molecular weight excluding hydrogens is 182 g/mol. The van der Waals surface area contributed by atoms with Crippen LogP contribution in [0.4, 0.5) is 0 Å². The summed E-state index contributed by atoms with van der Waals surface area (Å²) < 4.78 is 10.3. The van der Waals surface area contributed by atoms with Crippen molar-refractivity contribution in [2.75, 3.05) is 7.11 Å². The lowest BCUT2D eigenvalue weighted by atomic mass is 10.2. The fraction of sp³-hybridized carbons (Fsp3) is 0.100. The minimum absolute atomic E-state index is 0.480. The molecule has 2 rings (SSSR count). The summed E-state index contributed by atoms with van der Waals surface area (Å²) in [5.74, 6) is 0.705. The molecule has 1 N–H and O–H groups in total. The van der Waals surface area contributed by atoms with Crippen LogP contribution in [0.15, 0.2) is 40.1 Å². The van der Waals surface area contributed by atoms with E-state index in [-0.39, 0.29) is 0 Å². The summed E-state index contributed by atoms with van der Waals surface area (Å²) in [6, 6.07) is 6.90. The van der Waals surface area contributed by atoms with Crippen LogP contribution in [0.2, 0.25) is 0 Å². The van der Waals surface area contributed by atoms with Crippen LogP contribution in [0.1, 0.15) is 0 Å². The largest absolute Gasteiger partial charge is 0.497 e. The van der Waals surface area contributed by atoms with Gasteiger partial charge in [0.05, 0.1) is 13.4 Å². The van der Waals surface area contributed by atoms with Gasteiger partial charge in [0.15, 0.2) is 0 Å². The van der Waals surface area contributed by atoms with Gasteiger partial charge < -0.3 is 14.4 Å². The van der Waals surface area contributed by atoms with Gasteiger partial charge in [-0.25, -0.2) is 0 Å². The first kappa shape index (κ1) is 8.62. The van der Waals surface area contributed by atoms with Crippen molar-refractivity contribution in [1.82, 2.24) is 0 Å². The first-order valence-electron chi connectivity index (χ1n) is 4.09. The molecule has 4 heteroatoms. The van der Waals surface area contributed by atoms with Crippen molar-refractivity contribution in [3.8, 4) is 5.75 Å². The Kier molecular flexibility index (Phi) is 2.10. The third-order valence-corrected chi connectivity index (χ3v) is 1.99. The molecule has 2 aromatic rings. The molecule has 1 heterocycles. The summed E-state index contributed by atoms with van der Waals surface area (Å²) in [6.07, 6.45) is 1.47. The highest BCUT2D eigenvalue weighted by atomic mass is 16.5. The minimum Gasteiger partial charge on any atom is -0.497 e. The summed E-state index contributed by atoms with van der Waals surface area (Å²) in [5, 5.41) is 13.1. The van der Waals surface area contributed by atoms with Gasteiger partial charge in [-0.2, -0.15) is 0 Å². The van der Waals surface area contributed by atoms with Crippen LogP contribution in [-0.2, 0) is 0 Å². The Labute approximate surface area is 80.0 Å². The Morgan fingerprint density at radius 2 is 2.21 bits per heavy atom. The van der Waals surface area contributed by atoms with Gasteiger partial charge >= 0.3 is 0 Å². The van der Waals surface area contributed by atoms with Crippen molar-refractivity contribution in [2.45, 2.75) is 0 Å². The number of benzene rings is 1. The fourth-order valence-electron chi connectivity index (χ4n) is 1.29. The lowest BCUT2D eigenvalue weighted by molar-refractivity contribution is 0.302. The Hall–Kier alpha value is -1.97. The quantitative estimate of drug-likeness (QED) is 0.551. The molecule has 0 amide bonds. The maximum atomic E-state index is 8.71. The van der Waals surface area contributed by atoms with Gasteiger partial charge in [0.25, 0.3) is 0 Å². The number of hydrogen-bond acceptors (Lipinski definition) is 4. The summed E-state index contributed by atoms with van der Waals surface area (Å²) in [6.45, 7) is 0. The minimum atomic E-state index is 0.480. The van der Waals surface area contributed by atoms with E-state index in [0.29, 0.717) is 16.7 Å². The van der Waals surface area contributed by atoms with Crippen LogP contribution in [0.5, 0.6) is 5.75 Å². The zero-order valence-electron chi connectivity index (χ0n) is 7.60. The molecule has 1 aromatic heterocycles. The lowest BCUT2D eigenvalue weighted by Crippen LogP contribution is -2.01. The molecule has 0 saturated carbocycles. The van der Waals surface area contributed by atoms with Crippen molar-refractivity contribution in [3.05, 3.63) is 35.9 Å². The van der Waals surface area contributed by atoms with Gasteiger partial charge in [-0.15, -0.1) is 0 Å². The SMILES string of the molecule is COc1ccc2/c(=N\O)ccoc2c1. The third kappa shape index (κ3) is 1.31. The average molecular weight is 191 g/mol. The van der Waals surface area contributed by atoms with E-state index in [0.717, 1.165) is 5.39 Å². The predicted molar refractivity (Wildman–Crippen MR) is 50.1 cm³/mol. The van der Waals surface area contributed by atoms with E-state index in [2.05, 4.69) is 5.16 Å². The van der Waals surface area contributed by atoms with E-state index in [4.69, 9.17) is 14.4 Å². The van der Waals surface area contributed by atoms with Crippen molar-refractivity contribution in [1.29, 1.82) is 0 Å². The van der Waals surface area contributed by atoms with Gasteiger partial charge in [0, 0.05) is 17.5 Å². The van der Waals surface area contributed by atoms with E-state index in [9.17, 15) is 0 Å². The highest BCUT2D eigenvalue weighted by Crippen LogP contribution is 2.17. The number of ether oxygens (including phenoxy) is 1. The lowest BCUT2D eigenvalue weighted by Gasteiger charge is -2.00. The van der Waals surface area contributed by atoms with E-state index < -0.39 is 0 Å². The number of fused-ring (bicyclic) bond motifs is 1. The summed E-state index contributed by atoms with van der Waals surface area (Å²) in [5.41, 5.74) is 0.625. The standard InChI is InChI=1S/C10H9NO3/c1-13-7-2-3-8-9(11-12)4-5-14-10(8)6-7/h2-6,12H,1H3/b11-9-. The highest BCUT2D eigenvalue weighted by molar-refractivity contribution is 5.77. The average Bonchev–Trinajstić information content (AvgIpc) is 2.27. The first-order chi connectivity index (χ1) is 6.85. The molecule has 0 radical (unpaired) electrons. The zero-order chi connectivity index (χ0) is 9.97. The number of nitrogens with zero attached hydrogens (tertiary/aromatic N) is 1. The van der Waals surface area contributed by atoms with Crippen LogP contribution >= 0.6 is 0 Å². The molecule has 0 bridgehead atoms. The Bertz CT molecular complexity index is 516. The molecule has 14 heavy (non-hydrogen) atoms. The van der Waals surface area contributed by atoms with Crippen molar-refractivity contribution >= 4 is 11.0 Å². The molecule has 0 aliphatic carbocycles. The smallest absolute Gasteiger partial charge is 0.139 e. The molecule has 0 unspecified atom stereocenters. The molecule has 0 spiro atoms. The second-order valence-corrected chi connectivity index (χ2v) is 2.77.